The molecule has 0 saturated heterocycles. The largest absolute Gasteiger partial charge is 0.493 e. The van der Waals surface area contributed by atoms with Gasteiger partial charge in [-0.2, -0.15) is 0 Å². The number of methoxy groups -OCH3 is 2. The summed E-state index contributed by atoms with van der Waals surface area (Å²) in [6.45, 7) is 4.37. The first kappa shape index (κ1) is 22.8. The smallest absolute Gasteiger partial charge is 0.257 e. The molecule has 8 heteroatoms. The number of carbonyl (C=O) groups is 1. The lowest BCUT2D eigenvalue weighted by molar-refractivity contribution is 0.0976. The van der Waals surface area contributed by atoms with E-state index in [-0.39, 0.29) is 17.1 Å². The maximum Gasteiger partial charge on any atom is 0.257 e. The lowest BCUT2D eigenvalue weighted by atomic mass is 10.2. The van der Waals surface area contributed by atoms with Gasteiger partial charge in [0.1, 0.15) is 5.75 Å². The van der Waals surface area contributed by atoms with Crippen LogP contribution in [0.1, 0.15) is 36.2 Å². The summed E-state index contributed by atoms with van der Waals surface area (Å²) in [5.74, 6) is 1.51. The van der Waals surface area contributed by atoms with Crippen LogP contribution in [0.4, 0.5) is 0 Å². The average molecular weight is 437 g/mol. The number of hydrogen-bond acceptors (Lipinski definition) is 5. The molecule has 1 amide bonds. The minimum atomic E-state index is -0.309. The Morgan fingerprint density at radius 3 is 2.34 bits per heavy atom. The van der Waals surface area contributed by atoms with Gasteiger partial charge in [-0.1, -0.05) is 18.5 Å². The van der Waals surface area contributed by atoms with Crippen LogP contribution in [-0.4, -0.2) is 31.3 Å². The third-order valence-corrected chi connectivity index (χ3v) is 4.85. The molecular formula is C21H25ClN2O4S. The zero-order valence-electron chi connectivity index (χ0n) is 16.9. The van der Waals surface area contributed by atoms with E-state index < -0.39 is 0 Å². The van der Waals surface area contributed by atoms with Gasteiger partial charge in [0.2, 0.25) is 0 Å². The lowest BCUT2D eigenvalue weighted by Crippen LogP contribution is -2.38. The maximum atomic E-state index is 12.4. The molecule has 2 N–H and O–H groups in total. The summed E-state index contributed by atoms with van der Waals surface area (Å²) in [5.41, 5.74) is 1.24. The fraction of sp³-hybridized carbons (Fsp3) is 0.333. The molecule has 29 heavy (non-hydrogen) atoms. The first-order valence-corrected chi connectivity index (χ1v) is 9.92. The molecule has 1 unspecified atom stereocenters. The summed E-state index contributed by atoms with van der Waals surface area (Å²) < 4.78 is 16.2. The SMILES string of the molecule is CCC(C)Oc1ccc(C(=O)NC(=S)NCc2cc(OC)c(OC)cc2Cl)cc1. The Labute approximate surface area is 181 Å². The van der Waals surface area contributed by atoms with Crippen LogP contribution in [0.15, 0.2) is 36.4 Å². The van der Waals surface area contributed by atoms with Crippen molar-refractivity contribution >= 4 is 34.8 Å². The van der Waals surface area contributed by atoms with Crippen molar-refractivity contribution in [3.8, 4) is 17.2 Å². The zero-order valence-corrected chi connectivity index (χ0v) is 18.4. The Morgan fingerprint density at radius 2 is 1.76 bits per heavy atom. The molecule has 6 nitrogen and oxygen atoms in total. The van der Waals surface area contributed by atoms with E-state index >= 15 is 0 Å². The number of nitrogens with one attached hydrogen (secondary N) is 2. The van der Waals surface area contributed by atoms with Gasteiger partial charge in [-0.05, 0) is 61.5 Å². The fourth-order valence-corrected chi connectivity index (χ4v) is 2.81. The molecule has 0 saturated carbocycles. The van der Waals surface area contributed by atoms with Gasteiger partial charge in [-0.15, -0.1) is 0 Å². The summed E-state index contributed by atoms with van der Waals surface area (Å²) in [5, 5.41) is 6.31. The van der Waals surface area contributed by atoms with E-state index in [0.717, 1.165) is 17.7 Å². The quantitative estimate of drug-likeness (QED) is 0.600. The minimum absolute atomic E-state index is 0.120. The van der Waals surface area contributed by atoms with Crippen molar-refractivity contribution in [2.24, 2.45) is 0 Å². The van der Waals surface area contributed by atoms with Crippen LogP contribution >= 0.6 is 23.8 Å². The first-order chi connectivity index (χ1) is 13.9. The summed E-state index contributed by atoms with van der Waals surface area (Å²) >= 11 is 11.5. The van der Waals surface area contributed by atoms with E-state index in [4.69, 9.17) is 38.0 Å². The Bertz CT molecular complexity index is 859. The number of halogens is 1. The molecule has 2 rings (SSSR count). The summed E-state index contributed by atoms with van der Waals surface area (Å²) in [4.78, 5) is 12.4. The topological polar surface area (TPSA) is 68.8 Å². The number of ether oxygens (including phenoxy) is 3. The second kappa shape index (κ2) is 10.9. The molecule has 0 fully saturated rings. The molecule has 0 aliphatic heterocycles. The van der Waals surface area contributed by atoms with Gasteiger partial charge in [0.05, 0.1) is 20.3 Å². The Kier molecular flexibility index (Phi) is 8.54. The van der Waals surface area contributed by atoms with Gasteiger partial charge >= 0.3 is 0 Å². The highest BCUT2D eigenvalue weighted by atomic mass is 35.5. The molecule has 2 aromatic carbocycles. The van der Waals surface area contributed by atoms with E-state index in [1.807, 2.05) is 6.92 Å². The number of amides is 1. The predicted octanol–water partition coefficient (Wildman–Crippen LogP) is 4.34. The van der Waals surface area contributed by atoms with E-state index in [0.29, 0.717) is 28.6 Å². The van der Waals surface area contributed by atoms with Crippen LogP contribution in [0.3, 0.4) is 0 Å². The second-order valence-electron chi connectivity index (χ2n) is 6.30. The Hall–Kier alpha value is -2.51. The Morgan fingerprint density at radius 1 is 1.14 bits per heavy atom. The minimum Gasteiger partial charge on any atom is -0.493 e. The van der Waals surface area contributed by atoms with Crippen LogP contribution in [0, 0.1) is 0 Å². The Balaban J connectivity index is 1.93. The average Bonchev–Trinajstić information content (AvgIpc) is 2.72. The highest BCUT2D eigenvalue weighted by Gasteiger charge is 2.12. The first-order valence-electron chi connectivity index (χ1n) is 9.14. The van der Waals surface area contributed by atoms with Crippen LogP contribution in [0.25, 0.3) is 0 Å². The van der Waals surface area contributed by atoms with E-state index in [9.17, 15) is 4.79 Å². The molecule has 2 aromatic rings. The second-order valence-corrected chi connectivity index (χ2v) is 7.11. The standard InChI is InChI=1S/C21H25ClN2O4S/c1-5-13(2)28-16-8-6-14(7-9-16)20(25)24-21(29)23-12-15-10-18(26-3)19(27-4)11-17(15)22/h6-11,13H,5,12H2,1-4H3,(H2,23,24,25,29). The molecule has 0 radical (unpaired) electrons. The van der Waals surface area contributed by atoms with Gasteiger partial charge < -0.3 is 19.5 Å². The predicted molar refractivity (Wildman–Crippen MR) is 118 cm³/mol. The van der Waals surface area contributed by atoms with Gasteiger partial charge in [0.15, 0.2) is 16.6 Å². The van der Waals surface area contributed by atoms with Crippen molar-refractivity contribution in [1.82, 2.24) is 10.6 Å². The van der Waals surface area contributed by atoms with Gasteiger partial charge in [0.25, 0.3) is 5.91 Å². The lowest BCUT2D eigenvalue weighted by Gasteiger charge is -2.14. The number of rotatable bonds is 8. The van der Waals surface area contributed by atoms with Crippen molar-refractivity contribution in [3.63, 3.8) is 0 Å². The molecule has 0 heterocycles. The maximum absolute atomic E-state index is 12.4. The number of thiocarbonyl (C=S) groups is 1. The number of hydrogen-bond donors (Lipinski definition) is 2. The summed E-state index contributed by atoms with van der Waals surface area (Å²) in [7, 11) is 3.09. The molecular weight excluding hydrogens is 412 g/mol. The third kappa shape index (κ3) is 6.51. The normalized spacial score (nSPS) is 11.3. The molecule has 0 aliphatic carbocycles. The van der Waals surface area contributed by atoms with Gasteiger partial charge in [-0.3, -0.25) is 10.1 Å². The van der Waals surface area contributed by atoms with Crippen LogP contribution in [-0.2, 0) is 6.54 Å². The monoisotopic (exact) mass is 436 g/mol. The van der Waals surface area contributed by atoms with Crippen LogP contribution in [0.2, 0.25) is 5.02 Å². The van der Waals surface area contributed by atoms with Gasteiger partial charge in [0, 0.05) is 23.2 Å². The van der Waals surface area contributed by atoms with Gasteiger partial charge in [-0.25, -0.2) is 0 Å². The fourth-order valence-electron chi connectivity index (χ4n) is 2.43. The van der Waals surface area contributed by atoms with E-state index in [2.05, 4.69) is 17.6 Å². The van der Waals surface area contributed by atoms with Crippen molar-refractivity contribution in [1.29, 1.82) is 0 Å². The summed E-state index contributed by atoms with van der Waals surface area (Å²) in [6, 6.07) is 10.3. The van der Waals surface area contributed by atoms with Crippen LogP contribution in [0.5, 0.6) is 17.2 Å². The van der Waals surface area contributed by atoms with Crippen molar-refractivity contribution in [2.45, 2.75) is 32.9 Å². The van der Waals surface area contributed by atoms with E-state index in [1.165, 1.54) is 0 Å². The molecule has 0 aliphatic rings. The van der Waals surface area contributed by atoms with E-state index in [1.54, 1.807) is 50.6 Å². The number of carbonyl (C=O) groups excluding carboxylic acids is 1. The molecule has 0 aromatic heterocycles. The highest BCUT2D eigenvalue weighted by Crippen LogP contribution is 2.32. The highest BCUT2D eigenvalue weighted by molar-refractivity contribution is 7.80. The van der Waals surface area contributed by atoms with Crippen molar-refractivity contribution in [3.05, 3.63) is 52.5 Å². The third-order valence-electron chi connectivity index (χ3n) is 4.25. The molecule has 0 spiro atoms. The summed E-state index contributed by atoms with van der Waals surface area (Å²) in [6.07, 6.45) is 1.03. The van der Waals surface area contributed by atoms with Crippen molar-refractivity contribution < 1.29 is 19.0 Å². The van der Waals surface area contributed by atoms with Crippen LogP contribution < -0.4 is 24.8 Å². The number of benzene rings is 2. The zero-order chi connectivity index (χ0) is 21.4. The van der Waals surface area contributed by atoms with Crippen molar-refractivity contribution in [2.75, 3.05) is 14.2 Å². The molecule has 1 atom stereocenters. The molecule has 156 valence electrons. The molecule has 0 bridgehead atoms.